The fourth-order valence-corrected chi connectivity index (χ4v) is 3.26. The van der Waals surface area contributed by atoms with Gasteiger partial charge in [0.1, 0.15) is 11.6 Å². The van der Waals surface area contributed by atoms with Crippen LogP contribution in [0.2, 0.25) is 0 Å². The van der Waals surface area contributed by atoms with Crippen molar-refractivity contribution in [3.05, 3.63) is 78.4 Å². The maximum Gasteiger partial charge on any atom is 0.158 e. The van der Waals surface area contributed by atoms with E-state index in [0.29, 0.717) is 13.2 Å². The molecular formula is C21H21FN2O2. The average Bonchev–Trinajstić information content (AvgIpc) is 3.32. The molecule has 1 atom stereocenters. The van der Waals surface area contributed by atoms with Gasteiger partial charge in [-0.3, -0.25) is 0 Å². The third-order valence-electron chi connectivity index (χ3n) is 4.48. The molecule has 0 N–H and O–H groups in total. The zero-order valence-electron chi connectivity index (χ0n) is 14.6. The van der Waals surface area contributed by atoms with Gasteiger partial charge in [-0.15, -0.1) is 0 Å². The number of halogens is 1. The molecule has 1 saturated heterocycles. The van der Waals surface area contributed by atoms with E-state index >= 15 is 0 Å². The molecule has 0 spiro atoms. The third-order valence-corrected chi connectivity index (χ3v) is 4.48. The first-order valence-electron chi connectivity index (χ1n) is 8.79. The number of nitrogens with zero attached hydrogens (tertiary/aromatic N) is 2. The zero-order chi connectivity index (χ0) is 17.9. The lowest BCUT2D eigenvalue weighted by molar-refractivity contribution is 0.114. The van der Waals surface area contributed by atoms with E-state index < -0.39 is 0 Å². The summed E-state index contributed by atoms with van der Waals surface area (Å²) in [5.74, 6) is 0.621. The largest absolute Gasteiger partial charge is 0.494 e. The standard InChI is InChI=1S/C21H21FN2O2/c1-2-25-20-5-3-4-19(14-20)23-11-10-16(15-23)21-24(12-13-26-21)18-8-6-17(22)7-9-18/h3-11,14-15,21H,2,12-13H2,1H3/t21-/m0/s1. The third kappa shape index (κ3) is 3.30. The van der Waals surface area contributed by atoms with Crippen molar-refractivity contribution in [1.29, 1.82) is 0 Å². The van der Waals surface area contributed by atoms with E-state index in [-0.39, 0.29) is 12.0 Å². The molecule has 5 heteroatoms. The van der Waals surface area contributed by atoms with Gasteiger partial charge in [0, 0.05) is 41.9 Å². The minimum atomic E-state index is -0.231. The highest BCUT2D eigenvalue weighted by molar-refractivity contribution is 5.49. The summed E-state index contributed by atoms with van der Waals surface area (Å²) < 4.78 is 26.8. The van der Waals surface area contributed by atoms with Gasteiger partial charge in [-0.2, -0.15) is 0 Å². The molecule has 1 aliphatic rings. The maximum absolute atomic E-state index is 13.2. The number of ether oxygens (including phenoxy) is 2. The molecule has 3 aromatic rings. The topological polar surface area (TPSA) is 26.6 Å². The van der Waals surface area contributed by atoms with E-state index in [1.54, 1.807) is 12.1 Å². The summed E-state index contributed by atoms with van der Waals surface area (Å²) in [4.78, 5) is 2.15. The average molecular weight is 352 g/mol. The Kier molecular flexibility index (Phi) is 4.63. The molecule has 4 rings (SSSR count). The number of hydrogen-bond donors (Lipinski definition) is 0. The van der Waals surface area contributed by atoms with Gasteiger partial charge in [-0.25, -0.2) is 4.39 Å². The first-order valence-corrected chi connectivity index (χ1v) is 8.79. The molecule has 0 saturated carbocycles. The SMILES string of the molecule is CCOc1cccc(-n2ccc([C@@H]3OCCN3c3ccc(F)cc3)c2)c1. The monoisotopic (exact) mass is 352 g/mol. The van der Waals surface area contributed by atoms with E-state index in [4.69, 9.17) is 9.47 Å². The fraction of sp³-hybridized carbons (Fsp3) is 0.238. The van der Waals surface area contributed by atoms with Gasteiger partial charge in [-0.1, -0.05) is 6.07 Å². The lowest BCUT2D eigenvalue weighted by Crippen LogP contribution is -2.22. The Labute approximate surface area is 152 Å². The Bertz CT molecular complexity index is 876. The molecule has 1 aliphatic heterocycles. The predicted molar refractivity (Wildman–Crippen MR) is 99.4 cm³/mol. The Morgan fingerprint density at radius 3 is 2.77 bits per heavy atom. The Balaban J connectivity index is 1.59. The summed E-state index contributed by atoms with van der Waals surface area (Å²) >= 11 is 0. The van der Waals surface area contributed by atoms with E-state index in [1.165, 1.54) is 12.1 Å². The van der Waals surface area contributed by atoms with Crippen LogP contribution < -0.4 is 9.64 Å². The van der Waals surface area contributed by atoms with Crippen LogP contribution >= 0.6 is 0 Å². The number of hydrogen-bond acceptors (Lipinski definition) is 3. The summed E-state index contributed by atoms with van der Waals surface area (Å²) in [5.41, 5.74) is 3.06. The lowest BCUT2D eigenvalue weighted by atomic mass is 10.2. The second-order valence-electron chi connectivity index (χ2n) is 6.18. The Morgan fingerprint density at radius 1 is 1.12 bits per heavy atom. The van der Waals surface area contributed by atoms with Gasteiger partial charge in [0.05, 0.1) is 13.2 Å². The molecule has 0 unspecified atom stereocenters. The van der Waals surface area contributed by atoms with Crippen LogP contribution in [0.1, 0.15) is 18.7 Å². The van der Waals surface area contributed by atoms with Crippen molar-refractivity contribution in [2.24, 2.45) is 0 Å². The highest BCUT2D eigenvalue weighted by Gasteiger charge is 2.28. The van der Waals surface area contributed by atoms with Crippen LogP contribution in [-0.2, 0) is 4.74 Å². The van der Waals surface area contributed by atoms with E-state index in [2.05, 4.69) is 21.7 Å². The molecule has 26 heavy (non-hydrogen) atoms. The number of aromatic nitrogens is 1. The van der Waals surface area contributed by atoms with Crippen LogP contribution in [-0.4, -0.2) is 24.3 Å². The highest BCUT2D eigenvalue weighted by Crippen LogP contribution is 2.33. The molecule has 0 bridgehead atoms. The van der Waals surface area contributed by atoms with Crippen molar-refractivity contribution in [2.75, 3.05) is 24.7 Å². The molecular weight excluding hydrogens is 331 g/mol. The quantitative estimate of drug-likeness (QED) is 0.674. The summed E-state index contributed by atoms with van der Waals surface area (Å²) in [7, 11) is 0. The van der Waals surface area contributed by atoms with Gasteiger partial charge in [0.15, 0.2) is 6.23 Å². The highest BCUT2D eigenvalue weighted by atomic mass is 19.1. The fourth-order valence-electron chi connectivity index (χ4n) is 3.26. The molecule has 1 fully saturated rings. The number of rotatable bonds is 5. The van der Waals surface area contributed by atoms with Crippen molar-refractivity contribution in [3.8, 4) is 11.4 Å². The normalized spacial score (nSPS) is 16.8. The van der Waals surface area contributed by atoms with Crippen LogP contribution in [0.5, 0.6) is 5.75 Å². The van der Waals surface area contributed by atoms with Crippen molar-refractivity contribution in [2.45, 2.75) is 13.2 Å². The molecule has 0 aliphatic carbocycles. The first kappa shape index (κ1) is 16.7. The minimum Gasteiger partial charge on any atom is -0.494 e. The van der Waals surface area contributed by atoms with Crippen molar-refractivity contribution in [3.63, 3.8) is 0 Å². The molecule has 2 aromatic carbocycles. The van der Waals surface area contributed by atoms with Crippen LogP contribution in [0, 0.1) is 5.82 Å². The minimum absolute atomic E-state index is 0.170. The first-order chi connectivity index (χ1) is 12.7. The second kappa shape index (κ2) is 7.22. The molecule has 2 heterocycles. The smallest absolute Gasteiger partial charge is 0.158 e. The van der Waals surface area contributed by atoms with Crippen molar-refractivity contribution in [1.82, 2.24) is 4.57 Å². The second-order valence-corrected chi connectivity index (χ2v) is 6.18. The van der Waals surface area contributed by atoms with Gasteiger partial charge < -0.3 is 18.9 Å². The van der Waals surface area contributed by atoms with Crippen LogP contribution in [0.15, 0.2) is 67.0 Å². The summed E-state index contributed by atoms with van der Waals surface area (Å²) in [6.45, 7) is 4.04. The number of benzene rings is 2. The van der Waals surface area contributed by atoms with Gasteiger partial charge in [-0.05, 0) is 49.4 Å². The van der Waals surface area contributed by atoms with Crippen molar-refractivity contribution >= 4 is 5.69 Å². The number of anilines is 1. The molecule has 4 nitrogen and oxygen atoms in total. The van der Waals surface area contributed by atoms with Gasteiger partial charge in [0.2, 0.25) is 0 Å². The zero-order valence-corrected chi connectivity index (χ0v) is 14.6. The summed E-state index contributed by atoms with van der Waals surface area (Å²) in [6, 6.07) is 16.6. The maximum atomic E-state index is 13.2. The Hall–Kier alpha value is -2.79. The predicted octanol–water partition coefficient (Wildman–Crippen LogP) is 4.55. The van der Waals surface area contributed by atoms with E-state index in [0.717, 1.165) is 29.2 Å². The van der Waals surface area contributed by atoms with Crippen molar-refractivity contribution < 1.29 is 13.9 Å². The van der Waals surface area contributed by atoms with Crippen LogP contribution in [0.25, 0.3) is 5.69 Å². The summed E-state index contributed by atoms with van der Waals surface area (Å²) in [6.07, 6.45) is 3.92. The van der Waals surface area contributed by atoms with Crippen LogP contribution in [0.4, 0.5) is 10.1 Å². The molecule has 1 aromatic heterocycles. The molecule has 0 amide bonds. The summed E-state index contributed by atoms with van der Waals surface area (Å²) in [5, 5.41) is 0. The molecule has 134 valence electrons. The van der Waals surface area contributed by atoms with Gasteiger partial charge >= 0.3 is 0 Å². The van der Waals surface area contributed by atoms with E-state index in [9.17, 15) is 4.39 Å². The molecule has 0 radical (unpaired) electrons. The lowest BCUT2D eigenvalue weighted by Gasteiger charge is -2.24. The van der Waals surface area contributed by atoms with Crippen LogP contribution in [0.3, 0.4) is 0 Å². The van der Waals surface area contributed by atoms with Gasteiger partial charge in [0.25, 0.3) is 0 Å². The Morgan fingerprint density at radius 2 is 1.96 bits per heavy atom. The van der Waals surface area contributed by atoms with E-state index in [1.807, 2.05) is 37.4 Å².